The van der Waals surface area contributed by atoms with Gasteiger partial charge < -0.3 is 10.1 Å². The molecular weight excluding hydrogens is 348 g/mol. The van der Waals surface area contributed by atoms with E-state index in [-0.39, 0.29) is 11.3 Å². The molecule has 0 spiro atoms. The molecular formula is C19H20F4N2O. The van der Waals surface area contributed by atoms with E-state index in [1.165, 1.54) is 31.4 Å². The summed E-state index contributed by atoms with van der Waals surface area (Å²) in [6.45, 7) is 2.49. The summed E-state index contributed by atoms with van der Waals surface area (Å²) in [5, 5.41) is 3.19. The Hall–Kier alpha value is -2.12. The summed E-state index contributed by atoms with van der Waals surface area (Å²) in [6, 6.07) is 9.16. The molecule has 0 aromatic heterocycles. The van der Waals surface area contributed by atoms with Gasteiger partial charge in [-0.25, -0.2) is 4.39 Å². The SMILES string of the molecule is COc1ccc(C(c2ccccc2C(F)(F)F)N2CCNCC2)cc1F. The first-order valence-electron chi connectivity index (χ1n) is 8.36. The van der Waals surface area contributed by atoms with Gasteiger partial charge in [0.2, 0.25) is 0 Å². The summed E-state index contributed by atoms with van der Waals surface area (Å²) in [4.78, 5) is 1.95. The van der Waals surface area contributed by atoms with E-state index in [1.807, 2.05) is 4.90 Å². The van der Waals surface area contributed by atoms with Gasteiger partial charge in [-0.1, -0.05) is 24.3 Å². The van der Waals surface area contributed by atoms with Crippen molar-refractivity contribution in [3.8, 4) is 5.75 Å². The highest BCUT2D eigenvalue weighted by atomic mass is 19.4. The molecule has 1 aliphatic rings. The average Bonchev–Trinajstić information content (AvgIpc) is 2.63. The third-order valence-corrected chi connectivity index (χ3v) is 4.57. The molecule has 3 nitrogen and oxygen atoms in total. The molecule has 26 heavy (non-hydrogen) atoms. The minimum atomic E-state index is -4.48. The highest BCUT2D eigenvalue weighted by Crippen LogP contribution is 2.39. The lowest BCUT2D eigenvalue weighted by Gasteiger charge is -2.36. The number of nitrogens with zero attached hydrogens (tertiary/aromatic N) is 1. The van der Waals surface area contributed by atoms with E-state index < -0.39 is 23.6 Å². The van der Waals surface area contributed by atoms with Gasteiger partial charge >= 0.3 is 6.18 Å². The molecule has 0 bridgehead atoms. The number of nitrogens with one attached hydrogen (secondary N) is 1. The highest BCUT2D eigenvalue weighted by molar-refractivity contribution is 5.41. The van der Waals surface area contributed by atoms with Crippen LogP contribution in [0.4, 0.5) is 17.6 Å². The topological polar surface area (TPSA) is 24.5 Å². The molecule has 1 saturated heterocycles. The van der Waals surface area contributed by atoms with Crippen LogP contribution in [0.1, 0.15) is 22.7 Å². The largest absolute Gasteiger partial charge is 0.494 e. The van der Waals surface area contributed by atoms with Crippen molar-refractivity contribution in [2.45, 2.75) is 12.2 Å². The standard InChI is InChI=1S/C19H20F4N2O/c1-26-17-7-6-13(12-16(17)20)18(25-10-8-24-9-11-25)14-4-2-3-5-15(14)19(21,22)23/h2-7,12,18,24H,8-11H2,1H3. The van der Waals surface area contributed by atoms with Gasteiger partial charge in [0.05, 0.1) is 18.7 Å². The molecule has 2 aromatic carbocycles. The smallest absolute Gasteiger partial charge is 0.416 e. The summed E-state index contributed by atoms with van der Waals surface area (Å²) < 4.78 is 59.9. The maximum absolute atomic E-state index is 14.3. The molecule has 1 fully saturated rings. The van der Waals surface area contributed by atoms with Crippen molar-refractivity contribution in [3.05, 3.63) is 65.0 Å². The second-order valence-electron chi connectivity index (χ2n) is 6.17. The minimum Gasteiger partial charge on any atom is -0.494 e. The van der Waals surface area contributed by atoms with Crippen LogP contribution >= 0.6 is 0 Å². The maximum Gasteiger partial charge on any atom is 0.416 e. The lowest BCUT2D eigenvalue weighted by Crippen LogP contribution is -2.45. The third-order valence-electron chi connectivity index (χ3n) is 4.57. The van der Waals surface area contributed by atoms with Gasteiger partial charge in [0, 0.05) is 26.2 Å². The van der Waals surface area contributed by atoms with Crippen molar-refractivity contribution in [3.63, 3.8) is 0 Å². The Morgan fingerprint density at radius 3 is 2.38 bits per heavy atom. The number of halogens is 4. The van der Waals surface area contributed by atoms with Crippen molar-refractivity contribution < 1.29 is 22.3 Å². The Labute approximate surface area is 149 Å². The van der Waals surface area contributed by atoms with E-state index in [9.17, 15) is 17.6 Å². The Balaban J connectivity index is 2.12. The molecule has 0 amide bonds. The first-order chi connectivity index (χ1) is 12.4. The molecule has 2 aromatic rings. The van der Waals surface area contributed by atoms with Gasteiger partial charge in [0.15, 0.2) is 11.6 Å². The van der Waals surface area contributed by atoms with Crippen LogP contribution in [0.5, 0.6) is 5.75 Å². The van der Waals surface area contributed by atoms with E-state index >= 15 is 0 Å². The number of benzene rings is 2. The number of methoxy groups -OCH3 is 1. The van der Waals surface area contributed by atoms with Crippen LogP contribution in [0.3, 0.4) is 0 Å². The Kier molecular flexibility index (Phi) is 5.48. The lowest BCUT2D eigenvalue weighted by molar-refractivity contribution is -0.138. The van der Waals surface area contributed by atoms with Gasteiger partial charge in [-0.3, -0.25) is 4.90 Å². The van der Waals surface area contributed by atoms with E-state index in [0.717, 1.165) is 6.07 Å². The molecule has 1 atom stereocenters. The van der Waals surface area contributed by atoms with Crippen molar-refractivity contribution in [1.82, 2.24) is 10.2 Å². The van der Waals surface area contributed by atoms with E-state index in [2.05, 4.69) is 5.32 Å². The molecule has 1 heterocycles. The minimum absolute atomic E-state index is 0.0666. The summed E-state index contributed by atoms with van der Waals surface area (Å²) in [5.74, 6) is -0.522. The lowest BCUT2D eigenvalue weighted by atomic mass is 9.92. The average molecular weight is 368 g/mol. The van der Waals surface area contributed by atoms with Crippen molar-refractivity contribution in [2.24, 2.45) is 0 Å². The Morgan fingerprint density at radius 2 is 1.77 bits per heavy atom. The van der Waals surface area contributed by atoms with E-state index in [4.69, 9.17) is 4.74 Å². The number of piperazine rings is 1. The molecule has 0 radical (unpaired) electrons. The van der Waals surface area contributed by atoms with Crippen molar-refractivity contribution >= 4 is 0 Å². The first-order valence-corrected chi connectivity index (χ1v) is 8.36. The number of hydrogen-bond acceptors (Lipinski definition) is 3. The summed E-state index contributed by atoms with van der Waals surface area (Å²) in [6.07, 6.45) is -4.48. The van der Waals surface area contributed by atoms with Crippen LogP contribution in [0, 0.1) is 5.82 Å². The van der Waals surface area contributed by atoms with Gasteiger partial charge in [-0.05, 0) is 29.3 Å². The zero-order valence-electron chi connectivity index (χ0n) is 14.3. The first kappa shape index (κ1) is 18.7. The third kappa shape index (κ3) is 3.83. The van der Waals surface area contributed by atoms with Gasteiger partial charge in [0.25, 0.3) is 0 Å². The number of hydrogen-bond donors (Lipinski definition) is 1. The summed E-state index contributed by atoms with van der Waals surface area (Å²) in [7, 11) is 1.35. The van der Waals surface area contributed by atoms with Crippen LogP contribution in [-0.4, -0.2) is 38.2 Å². The molecule has 1 aliphatic heterocycles. The molecule has 140 valence electrons. The van der Waals surface area contributed by atoms with E-state index in [1.54, 1.807) is 12.1 Å². The van der Waals surface area contributed by atoms with Gasteiger partial charge in [-0.15, -0.1) is 0 Å². The Morgan fingerprint density at radius 1 is 1.08 bits per heavy atom. The van der Waals surface area contributed by atoms with Crippen LogP contribution in [-0.2, 0) is 6.18 Å². The Bertz CT molecular complexity index is 757. The van der Waals surface area contributed by atoms with Crippen LogP contribution in [0.2, 0.25) is 0 Å². The van der Waals surface area contributed by atoms with Gasteiger partial charge in [0.1, 0.15) is 0 Å². The van der Waals surface area contributed by atoms with Crippen molar-refractivity contribution in [2.75, 3.05) is 33.3 Å². The number of alkyl halides is 3. The molecule has 0 aliphatic carbocycles. The molecule has 7 heteroatoms. The normalized spacial score (nSPS) is 17.1. The molecule has 0 saturated carbocycles. The quantitative estimate of drug-likeness (QED) is 0.830. The fraction of sp³-hybridized carbons (Fsp3) is 0.368. The van der Waals surface area contributed by atoms with Gasteiger partial charge in [-0.2, -0.15) is 13.2 Å². The molecule has 1 N–H and O–H groups in total. The second-order valence-corrected chi connectivity index (χ2v) is 6.17. The highest BCUT2D eigenvalue weighted by Gasteiger charge is 2.37. The molecule has 3 rings (SSSR count). The number of ether oxygens (including phenoxy) is 1. The monoisotopic (exact) mass is 368 g/mol. The zero-order chi connectivity index (χ0) is 18.7. The van der Waals surface area contributed by atoms with Crippen LogP contribution in [0.15, 0.2) is 42.5 Å². The number of rotatable bonds is 4. The van der Waals surface area contributed by atoms with Crippen LogP contribution in [0.25, 0.3) is 0 Å². The molecule has 1 unspecified atom stereocenters. The van der Waals surface area contributed by atoms with E-state index in [0.29, 0.717) is 31.7 Å². The van der Waals surface area contributed by atoms with Crippen LogP contribution < -0.4 is 10.1 Å². The second kappa shape index (κ2) is 7.63. The van der Waals surface area contributed by atoms with Crippen molar-refractivity contribution in [1.29, 1.82) is 0 Å². The predicted octanol–water partition coefficient (Wildman–Crippen LogP) is 3.85. The summed E-state index contributed by atoms with van der Waals surface area (Å²) >= 11 is 0. The summed E-state index contributed by atoms with van der Waals surface area (Å²) in [5.41, 5.74) is -0.0897. The maximum atomic E-state index is 14.3. The fourth-order valence-corrected chi connectivity index (χ4v) is 3.37. The fourth-order valence-electron chi connectivity index (χ4n) is 3.37. The zero-order valence-corrected chi connectivity index (χ0v) is 14.3. The predicted molar refractivity (Wildman–Crippen MR) is 90.7 cm³/mol.